The Hall–Kier alpha value is -5.48. The predicted octanol–water partition coefficient (Wildman–Crippen LogP) is 8.74. The largest absolute Gasteiger partial charge is 0.489 e. The molecule has 1 aromatic heterocycles. The first-order valence-electron chi connectivity index (χ1n) is 17.4. The van der Waals surface area contributed by atoms with Crippen molar-refractivity contribution in [3.8, 4) is 39.7 Å². The van der Waals surface area contributed by atoms with Gasteiger partial charge >= 0.3 is 0 Å². The van der Waals surface area contributed by atoms with E-state index < -0.39 is 0 Å². The quantitative estimate of drug-likeness (QED) is 0.0713. The Bertz CT molecular complexity index is 2010. The number of hydrogen-bond acceptors (Lipinski definition) is 6. The molecule has 6 aromatic rings. The van der Waals surface area contributed by atoms with E-state index in [-0.39, 0.29) is 17.4 Å². The van der Waals surface area contributed by atoms with E-state index in [1.165, 1.54) is 24.3 Å². The van der Waals surface area contributed by atoms with Gasteiger partial charge in [0.15, 0.2) is 5.78 Å². The van der Waals surface area contributed by atoms with Crippen LogP contribution in [0, 0.1) is 11.6 Å². The first kappa shape index (κ1) is 36.3. The molecule has 0 saturated carbocycles. The molecular formula is C43H41F2N3O4. The van der Waals surface area contributed by atoms with Crippen molar-refractivity contribution in [2.24, 2.45) is 5.73 Å². The molecule has 0 fully saturated rings. The standard InChI is InChI=1S/C43H41F2N3O4/c44-37-18-12-34(13-19-37)41-42(35-14-20-38(45)21-15-35)48(43(47-41)36-16-22-39(23-17-36)52-30-32-5-2-1-3-6-32)29-31-8-10-33(11-9-31)40(49)7-4-25-50-27-28-51-26-24-46/h1-3,5-6,8-23H,4,7,24-30,46H2. The van der Waals surface area contributed by atoms with Crippen LogP contribution in [0.5, 0.6) is 5.75 Å². The molecule has 0 aliphatic heterocycles. The van der Waals surface area contributed by atoms with E-state index in [9.17, 15) is 13.6 Å². The molecule has 52 heavy (non-hydrogen) atoms. The van der Waals surface area contributed by atoms with Crippen LogP contribution in [-0.2, 0) is 22.6 Å². The fraction of sp³-hybridized carbons (Fsp3) is 0.209. The van der Waals surface area contributed by atoms with Gasteiger partial charge in [-0.2, -0.15) is 0 Å². The lowest BCUT2D eigenvalue weighted by atomic mass is 10.0. The smallest absolute Gasteiger partial charge is 0.162 e. The van der Waals surface area contributed by atoms with Crippen LogP contribution in [0.1, 0.15) is 34.3 Å². The summed E-state index contributed by atoms with van der Waals surface area (Å²) in [5.41, 5.74) is 11.7. The van der Waals surface area contributed by atoms with Gasteiger partial charge in [0.2, 0.25) is 0 Å². The maximum absolute atomic E-state index is 14.2. The summed E-state index contributed by atoms with van der Waals surface area (Å²) in [5.74, 6) is 0.715. The van der Waals surface area contributed by atoms with Crippen molar-refractivity contribution in [1.82, 2.24) is 9.55 Å². The van der Waals surface area contributed by atoms with Crippen molar-refractivity contribution in [1.29, 1.82) is 0 Å². The van der Waals surface area contributed by atoms with Crippen LogP contribution in [0.3, 0.4) is 0 Å². The van der Waals surface area contributed by atoms with Crippen LogP contribution in [0.4, 0.5) is 8.78 Å². The van der Waals surface area contributed by atoms with Gasteiger partial charge in [-0.25, -0.2) is 13.8 Å². The fourth-order valence-corrected chi connectivity index (χ4v) is 5.84. The van der Waals surface area contributed by atoms with E-state index in [1.54, 1.807) is 24.3 Å². The molecule has 9 heteroatoms. The Morgan fingerprint density at radius 3 is 1.92 bits per heavy atom. The molecule has 5 aromatic carbocycles. The Labute approximate surface area is 302 Å². The van der Waals surface area contributed by atoms with Gasteiger partial charge in [-0.3, -0.25) is 4.79 Å². The number of imidazole rings is 1. The van der Waals surface area contributed by atoms with E-state index >= 15 is 0 Å². The highest BCUT2D eigenvalue weighted by molar-refractivity contribution is 5.96. The van der Waals surface area contributed by atoms with Gasteiger partial charge in [0.05, 0.1) is 31.2 Å². The Morgan fingerprint density at radius 1 is 0.654 bits per heavy atom. The average Bonchev–Trinajstić information content (AvgIpc) is 3.55. The summed E-state index contributed by atoms with van der Waals surface area (Å²) in [6.07, 6.45) is 0.981. The van der Waals surface area contributed by atoms with Crippen LogP contribution in [0.15, 0.2) is 127 Å². The van der Waals surface area contributed by atoms with Crippen molar-refractivity contribution >= 4 is 5.78 Å². The zero-order chi connectivity index (χ0) is 36.1. The predicted molar refractivity (Wildman–Crippen MR) is 199 cm³/mol. The van der Waals surface area contributed by atoms with Gasteiger partial charge in [-0.1, -0.05) is 54.6 Å². The summed E-state index contributed by atoms with van der Waals surface area (Å²) in [6, 6.07) is 37.7. The number of benzene rings is 5. The number of nitrogens with zero attached hydrogens (tertiary/aromatic N) is 2. The van der Waals surface area contributed by atoms with Crippen LogP contribution in [0.2, 0.25) is 0 Å². The van der Waals surface area contributed by atoms with Crippen LogP contribution in [0.25, 0.3) is 33.9 Å². The van der Waals surface area contributed by atoms with Crippen molar-refractivity contribution in [2.75, 3.05) is 33.0 Å². The highest BCUT2D eigenvalue weighted by atomic mass is 19.1. The van der Waals surface area contributed by atoms with E-state index in [1.807, 2.05) is 78.9 Å². The van der Waals surface area contributed by atoms with Gasteiger partial charge in [0, 0.05) is 48.4 Å². The molecule has 0 aliphatic carbocycles. The van der Waals surface area contributed by atoms with E-state index in [4.69, 9.17) is 24.9 Å². The number of nitrogens with two attached hydrogens (primary N) is 1. The summed E-state index contributed by atoms with van der Waals surface area (Å²) in [7, 11) is 0. The number of ether oxygens (including phenoxy) is 3. The molecule has 0 atom stereocenters. The second-order valence-corrected chi connectivity index (χ2v) is 12.3. The fourth-order valence-electron chi connectivity index (χ4n) is 5.84. The minimum atomic E-state index is -0.354. The molecule has 0 unspecified atom stereocenters. The third-order valence-electron chi connectivity index (χ3n) is 8.51. The maximum atomic E-state index is 14.2. The molecule has 0 amide bonds. The molecule has 6 rings (SSSR count). The molecule has 0 saturated heterocycles. The number of hydrogen-bond donors (Lipinski definition) is 1. The highest BCUT2D eigenvalue weighted by Gasteiger charge is 2.22. The minimum absolute atomic E-state index is 0.0398. The van der Waals surface area contributed by atoms with Crippen LogP contribution < -0.4 is 10.5 Å². The number of rotatable bonds is 18. The third kappa shape index (κ3) is 9.64. The van der Waals surface area contributed by atoms with E-state index in [0.29, 0.717) is 81.8 Å². The van der Waals surface area contributed by atoms with Gasteiger partial charge < -0.3 is 24.5 Å². The average molecular weight is 702 g/mol. The van der Waals surface area contributed by atoms with Crippen molar-refractivity contribution in [3.63, 3.8) is 0 Å². The van der Waals surface area contributed by atoms with Gasteiger partial charge in [0.1, 0.15) is 29.8 Å². The molecule has 266 valence electrons. The second kappa shape index (κ2) is 18.1. The normalized spacial score (nSPS) is 11.1. The van der Waals surface area contributed by atoms with Crippen LogP contribution >= 0.6 is 0 Å². The summed E-state index contributed by atoms with van der Waals surface area (Å²) < 4.78 is 47.2. The minimum Gasteiger partial charge on any atom is -0.489 e. The molecule has 0 aliphatic rings. The SMILES string of the molecule is NCCOCCOCCCC(=O)c1ccc(Cn2c(-c3ccc(OCc4ccccc4)cc3)nc(-c3ccc(F)cc3)c2-c2ccc(F)cc2)cc1. The highest BCUT2D eigenvalue weighted by Crippen LogP contribution is 2.37. The molecular weight excluding hydrogens is 660 g/mol. The number of halogens is 2. The zero-order valence-electron chi connectivity index (χ0n) is 28.8. The maximum Gasteiger partial charge on any atom is 0.162 e. The number of carbonyl (C=O) groups is 1. The summed E-state index contributed by atoms with van der Waals surface area (Å²) in [6.45, 7) is 3.24. The third-order valence-corrected chi connectivity index (χ3v) is 8.51. The first-order chi connectivity index (χ1) is 25.5. The van der Waals surface area contributed by atoms with Crippen LogP contribution in [-0.4, -0.2) is 48.3 Å². The lowest BCUT2D eigenvalue weighted by molar-refractivity contribution is 0.0489. The van der Waals surface area contributed by atoms with E-state index in [0.717, 1.165) is 33.5 Å². The Morgan fingerprint density at radius 2 is 1.27 bits per heavy atom. The lowest BCUT2D eigenvalue weighted by Gasteiger charge is -2.15. The first-order valence-corrected chi connectivity index (χ1v) is 17.4. The summed E-state index contributed by atoms with van der Waals surface area (Å²) >= 11 is 0. The van der Waals surface area contributed by atoms with Gasteiger partial charge in [-0.05, 0) is 90.3 Å². The number of aromatic nitrogens is 2. The number of carbonyl (C=O) groups excluding carboxylic acids is 1. The summed E-state index contributed by atoms with van der Waals surface area (Å²) in [5, 5.41) is 0. The van der Waals surface area contributed by atoms with Crippen molar-refractivity contribution < 1.29 is 27.8 Å². The zero-order valence-corrected chi connectivity index (χ0v) is 28.8. The molecule has 0 radical (unpaired) electrons. The number of Topliss-reactive ketones (excluding diaryl/α,β-unsaturated/α-hetero) is 1. The molecule has 0 spiro atoms. The lowest BCUT2D eigenvalue weighted by Crippen LogP contribution is -2.12. The Balaban J connectivity index is 1.28. The second-order valence-electron chi connectivity index (χ2n) is 12.3. The summed E-state index contributed by atoms with van der Waals surface area (Å²) in [4.78, 5) is 18.1. The molecule has 1 heterocycles. The van der Waals surface area contributed by atoms with Crippen molar-refractivity contribution in [2.45, 2.75) is 26.0 Å². The Kier molecular flexibility index (Phi) is 12.7. The monoisotopic (exact) mass is 701 g/mol. The topological polar surface area (TPSA) is 88.6 Å². The van der Waals surface area contributed by atoms with Gasteiger partial charge in [-0.15, -0.1) is 0 Å². The van der Waals surface area contributed by atoms with Gasteiger partial charge in [0.25, 0.3) is 0 Å². The molecule has 7 nitrogen and oxygen atoms in total. The number of ketones is 1. The van der Waals surface area contributed by atoms with Crippen molar-refractivity contribution in [3.05, 3.63) is 156 Å². The molecule has 0 bridgehead atoms. The van der Waals surface area contributed by atoms with E-state index in [2.05, 4.69) is 4.57 Å². The molecule has 2 N–H and O–H groups in total.